The highest BCUT2D eigenvalue weighted by Crippen LogP contribution is 2.28. The van der Waals surface area contributed by atoms with Crippen molar-refractivity contribution in [3.63, 3.8) is 0 Å². The van der Waals surface area contributed by atoms with Crippen LogP contribution in [0.4, 0.5) is 5.69 Å². The van der Waals surface area contributed by atoms with Crippen LogP contribution in [-0.4, -0.2) is 39.2 Å². The fraction of sp³-hybridized carbons (Fsp3) is 0.333. The minimum Gasteiger partial charge on any atom is -0.476 e. The molecule has 0 aliphatic rings. The first-order valence-corrected chi connectivity index (χ1v) is 4.72. The quantitative estimate of drug-likeness (QED) is 0.446. The predicted octanol–water partition coefficient (Wildman–Crippen LogP) is -1.12. The number of amides is 1. The predicted molar refractivity (Wildman–Crippen MR) is 57.6 cm³/mol. The summed E-state index contributed by atoms with van der Waals surface area (Å²) in [7, 11) is 1.20. The molecular formula is C9H11N3O6. The zero-order valence-corrected chi connectivity index (χ0v) is 9.31. The molecule has 1 aromatic heterocycles. The van der Waals surface area contributed by atoms with Gasteiger partial charge in [0.15, 0.2) is 6.10 Å². The van der Waals surface area contributed by atoms with Crippen molar-refractivity contribution in [1.82, 2.24) is 4.98 Å². The van der Waals surface area contributed by atoms with E-state index >= 15 is 0 Å². The molecule has 0 saturated carbocycles. The molecule has 4 N–H and O–H groups in total. The van der Waals surface area contributed by atoms with Crippen molar-refractivity contribution in [2.45, 2.75) is 12.2 Å². The van der Waals surface area contributed by atoms with Gasteiger partial charge in [-0.1, -0.05) is 0 Å². The number of rotatable bonds is 5. The Morgan fingerprint density at radius 1 is 1.61 bits per heavy atom. The zero-order chi connectivity index (χ0) is 13.9. The Morgan fingerprint density at radius 2 is 2.22 bits per heavy atom. The van der Waals surface area contributed by atoms with Crippen LogP contribution >= 0.6 is 0 Å². The molecule has 0 saturated heterocycles. The lowest BCUT2D eigenvalue weighted by Gasteiger charge is -2.14. The number of hydrogen-bond donors (Lipinski definition) is 3. The molecule has 1 heterocycles. The number of ether oxygens (including phenoxy) is 1. The van der Waals surface area contributed by atoms with E-state index in [4.69, 9.17) is 5.73 Å². The molecule has 0 spiro atoms. The summed E-state index contributed by atoms with van der Waals surface area (Å²) < 4.78 is 4.66. The van der Waals surface area contributed by atoms with Crippen LogP contribution in [-0.2, 0) is 4.79 Å². The minimum absolute atomic E-state index is 0.117. The second-order valence-corrected chi connectivity index (χ2v) is 3.35. The van der Waals surface area contributed by atoms with E-state index < -0.39 is 28.7 Å². The number of methoxy groups -OCH3 is 1. The molecule has 0 fully saturated rings. The van der Waals surface area contributed by atoms with Gasteiger partial charge in [0.2, 0.25) is 5.91 Å². The second-order valence-electron chi connectivity index (χ2n) is 3.35. The van der Waals surface area contributed by atoms with E-state index in [-0.39, 0.29) is 11.4 Å². The third-order valence-corrected chi connectivity index (χ3v) is 2.18. The second kappa shape index (κ2) is 5.38. The van der Waals surface area contributed by atoms with E-state index in [2.05, 4.69) is 9.72 Å². The Morgan fingerprint density at radius 3 is 2.67 bits per heavy atom. The first-order chi connectivity index (χ1) is 8.38. The Balaban J connectivity index is 3.15. The van der Waals surface area contributed by atoms with Crippen LogP contribution in [0.1, 0.15) is 11.7 Å². The van der Waals surface area contributed by atoms with E-state index in [1.165, 1.54) is 7.11 Å². The monoisotopic (exact) mass is 257 g/mol. The molecular weight excluding hydrogens is 246 g/mol. The van der Waals surface area contributed by atoms with Gasteiger partial charge in [-0.05, 0) is 0 Å². The maximum atomic E-state index is 10.7. The number of nitro groups is 1. The largest absolute Gasteiger partial charge is 0.476 e. The molecule has 9 heteroatoms. The van der Waals surface area contributed by atoms with E-state index in [9.17, 15) is 25.1 Å². The Labute approximate surface area is 101 Å². The number of nitrogens with two attached hydrogens (primary N) is 1. The third-order valence-electron chi connectivity index (χ3n) is 2.18. The van der Waals surface area contributed by atoms with Gasteiger partial charge in [0.25, 0.3) is 5.88 Å². The normalized spacial score (nSPS) is 13.7. The SMILES string of the molecule is COc1ncc(C(O)C(O)C(N)=O)cc1[N+](=O)[O-]. The Kier molecular flexibility index (Phi) is 4.13. The summed E-state index contributed by atoms with van der Waals surface area (Å²) in [5.74, 6) is -1.40. The molecule has 0 aromatic carbocycles. The summed E-state index contributed by atoms with van der Waals surface area (Å²) in [5.41, 5.74) is 4.19. The van der Waals surface area contributed by atoms with Crippen LogP contribution in [0.5, 0.6) is 5.88 Å². The van der Waals surface area contributed by atoms with Gasteiger partial charge in [-0.15, -0.1) is 0 Å². The van der Waals surface area contributed by atoms with Gasteiger partial charge < -0.3 is 20.7 Å². The molecule has 18 heavy (non-hydrogen) atoms. The maximum Gasteiger partial charge on any atom is 0.331 e. The highest BCUT2D eigenvalue weighted by Gasteiger charge is 2.27. The molecule has 98 valence electrons. The Bertz CT molecular complexity index is 477. The third kappa shape index (κ3) is 2.70. The molecule has 9 nitrogen and oxygen atoms in total. The van der Waals surface area contributed by atoms with Crippen molar-refractivity contribution in [2.24, 2.45) is 5.73 Å². The summed E-state index contributed by atoms with van der Waals surface area (Å²) in [6.45, 7) is 0. The van der Waals surface area contributed by atoms with Crippen LogP contribution in [0.2, 0.25) is 0 Å². The summed E-state index contributed by atoms with van der Waals surface area (Å²) in [5, 5.41) is 29.5. The summed E-state index contributed by atoms with van der Waals surface area (Å²) in [4.78, 5) is 24.2. The van der Waals surface area contributed by atoms with E-state index in [1.54, 1.807) is 0 Å². The number of hydrogen-bond acceptors (Lipinski definition) is 7. The zero-order valence-electron chi connectivity index (χ0n) is 9.31. The molecule has 0 aliphatic heterocycles. The van der Waals surface area contributed by atoms with Gasteiger partial charge in [-0.25, -0.2) is 4.98 Å². The molecule has 0 aliphatic carbocycles. The van der Waals surface area contributed by atoms with Crippen LogP contribution in [0.15, 0.2) is 12.3 Å². The van der Waals surface area contributed by atoms with Crippen molar-refractivity contribution < 1.29 is 24.7 Å². The van der Waals surface area contributed by atoms with Crippen LogP contribution in [0.3, 0.4) is 0 Å². The molecule has 1 amide bonds. The average molecular weight is 257 g/mol. The Hall–Kier alpha value is -2.26. The smallest absolute Gasteiger partial charge is 0.331 e. The lowest BCUT2D eigenvalue weighted by molar-refractivity contribution is -0.386. The molecule has 2 unspecified atom stereocenters. The highest BCUT2D eigenvalue weighted by atomic mass is 16.6. The first-order valence-electron chi connectivity index (χ1n) is 4.72. The van der Waals surface area contributed by atoms with Crippen LogP contribution in [0, 0.1) is 10.1 Å². The average Bonchev–Trinajstić information content (AvgIpc) is 2.35. The molecule has 0 bridgehead atoms. The number of carbonyl (C=O) groups excluding carboxylic acids is 1. The summed E-state index contributed by atoms with van der Waals surface area (Å²) in [6, 6.07) is 0.947. The van der Waals surface area contributed by atoms with Crippen molar-refractivity contribution in [2.75, 3.05) is 7.11 Å². The number of aliphatic hydroxyl groups excluding tert-OH is 2. The van der Waals surface area contributed by atoms with Gasteiger partial charge in [0.1, 0.15) is 6.10 Å². The van der Waals surface area contributed by atoms with Gasteiger partial charge in [0.05, 0.1) is 12.0 Å². The van der Waals surface area contributed by atoms with Crippen LogP contribution in [0.25, 0.3) is 0 Å². The number of nitrogens with zero attached hydrogens (tertiary/aromatic N) is 2. The number of carbonyl (C=O) groups is 1. The minimum atomic E-state index is -1.88. The van der Waals surface area contributed by atoms with Gasteiger partial charge >= 0.3 is 5.69 Å². The number of aliphatic hydroxyl groups is 2. The van der Waals surface area contributed by atoms with E-state index in [1.807, 2.05) is 0 Å². The summed E-state index contributed by atoms with van der Waals surface area (Å²) >= 11 is 0. The summed E-state index contributed by atoms with van der Waals surface area (Å²) in [6.07, 6.45) is -2.53. The van der Waals surface area contributed by atoms with E-state index in [0.717, 1.165) is 12.3 Å². The number of pyridine rings is 1. The van der Waals surface area contributed by atoms with Crippen molar-refractivity contribution >= 4 is 11.6 Å². The van der Waals surface area contributed by atoms with Crippen LogP contribution < -0.4 is 10.5 Å². The number of primary amides is 1. The molecule has 0 radical (unpaired) electrons. The van der Waals surface area contributed by atoms with Crippen molar-refractivity contribution in [3.8, 4) is 5.88 Å². The van der Waals surface area contributed by atoms with Crippen molar-refractivity contribution in [3.05, 3.63) is 27.9 Å². The maximum absolute atomic E-state index is 10.7. The fourth-order valence-electron chi connectivity index (χ4n) is 1.24. The molecule has 2 atom stereocenters. The lowest BCUT2D eigenvalue weighted by Crippen LogP contribution is -2.33. The van der Waals surface area contributed by atoms with Crippen molar-refractivity contribution in [1.29, 1.82) is 0 Å². The standard InChI is InChI=1S/C9H11N3O6/c1-18-9-5(12(16)17)2-4(3-11-9)6(13)7(14)8(10)15/h2-3,6-7,13-14H,1H3,(H2,10,15). The molecule has 1 rings (SSSR count). The topological polar surface area (TPSA) is 149 Å². The van der Waals surface area contributed by atoms with Gasteiger partial charge in [0, 0.05) is 17.8 Å². The van der Waals surface area contributed by atoms with Gasteiger partial charge in [-0.3, -0.25) is 14.9 Å². The lowest BCUT2D eigenvalue weighted by atomic mass is 10.1. The fourth-order valence-corrected chi connectivity index (χ4v) is 1.24. The first kappa shape index (κ1) is 13.8. The van der Waals surface area contributed by atoms with Gasteiger partial charge in [-0.2, -0.15) is 0 Å². The molecule has 1 aromatic rings. The number of aromatic nitrogens is 1. The van der Waals surface area contributed by atoms with E-state index in [0.29, 0.717) is 0 Å². The highest BCUT2D eigenvalue weighted by molar-refractivity contribution is 5.79.